The second-order valence-corrected chi connectivity index (χ2v) is 7.29. The summed E-state index contributed by atoms with van der Waals surface area (Å²) in [7, 11) is 6.40. The lowest BCUT2D eigenvalue weighted by Crippen LogP contribution is -2.23. The van der Waals surface area contributed by atoms with Crippen molar-refractivity contribution < 1.29 is 0 Å². The van der Waals surface area contributed by atoms with Crippen molar-refractivity contribution in [2.45, 2.75) is 52.6 Å². The van der Waals surface area contributed by atoms with E-state index in [2.05, 4.69) is 57.0 Å². The van der Waals surface area contributed by atoms with Gasteiger partial charge in [-0.2, -0.15) is 0 Å². The summed E-state index contributed by atoms with van der Waals surface area (Å²) in [6, 6.07) is 0.517. The van der Waals surface area contributed by atoms with Gasteiger partial charge in [0, 0.05) is 31.1 Å². The third kappa shape index (κ3) is 6.76. The Kier molecular flexibility index (Phi) is 8.22. The molecular formula is C16H32N4S. The molecule has 1 heterocycles. The highest BCUT2D eigenvalue weighted by Gasteiger charge is 2.13. The summed E-state index contributed by atoms with van der Waals surface area (Å²) < 4.78 is 0. The summed E-state index contributed by atoms with van der Waals surface area (Å²) >= 11 is 1.85. The van der Waals surface area contributed by atoms with Gasteiger partial charge in [0.05, 0.1) is 5.69 Å². The smallest absolute Gasteiger partial charge is 0.185 e. The third-order valence-electron chi connectivity index (χ3n) is 3.35. The molecule has 0 atom stereocenters. The van der Waals surface area contributed by atoms with Crippen LogP contribution in [0.15, 0.2) is 0 Å². The van der Waals surface area contributed by atoms with Crippen molar-refractivity contribution >= 4 is 16.5 Å². The van der Waals surface area contributed by atoms with E-state index in [1.165, 1.54) is 17.0 Å². The van der Waals surface area contributed by atoms with Gasteiger partial charge in [-0.25, -0.2) is 4.98 Å². The molecule has 0 amide bonds. The average Bonchev–Trinajstić information content (AvgIpc) is 2.79. The fourth-order valence-corrected chi connectivity index (χ4v) is 3.16. The molecule has 5 heteroatoms. The average molecular weight is 313 g/mol. The van der Waals surface area contributed by atoms with Gasteiger partial charge in [-0.05, 0) is 33.5 Å². The second-order valence-electron chi connectivity index (χ2n) is 6.23. The summed E-state index contributed by atoms with van der Waals surface area (Å²) in [4.78, 5) is 10.8. The zero-order valence-corrected chi connectivity index (χ0v) is 15.4. The topological polar surface area (TPSA) is 31.4 Å². The normalized spacial score (nSPS) is 11.6. The number of hydrogen-bond donors (Lipinski definition) is 1. The van der Waals surface area contributed by atoms with E-state index in [1.807, 2.05) is 11.3 Å². The van der Waals surface area contributed by atoms with Crippen molar-refractivity contribution in [2.75, 3.05) is 39.1 Å². The standard InChI is InChI=1S/C16H32N4S/c1-7-9-14-15(12-17-13(2)3)21-16(18-14)20(6)11-8-10-19(4)5/h13,17H,7-12H2,1-6H3. The predicted octanol–water partition coefficient (Wildman–Crippen LogP) is 2.98. The molecule has 1 aromatic rings. The predicted molar refractivity (Wildman–Crippen MR) is 94.5 cm³/mol. The van der Waals surface area contributed by atoms with Crippen LogP contribution in [-0.2, 0) is 13.0 Å². The number of thiazole rings is 1. The maximum atomic E-state index is 4.87. The number of aryl methyl sites for hydroxylation is 1. The van der Waals surface area contributed by atoms with Crippen LogP contribution in [0.4, 0.5) is 5.13 Å². The minimum absolute atomic E-state index is 0.517. The molecule has 4 nitrogen and oxygen atoms in total. The summed E-state index contributed by atoms with van der Waals surface area (Å²) in [5, 5.41) is 4.68. The lowest BCUT2D eigenvalue weighted by atomic mass is 10.2. The molecule has 0 spiro atoms. The minimum Gasteiger partial charge on any atom is -0.351 e. The molecule has 1 N–H and O–H groups in total. The van der Waals surface area contributed by atoms with Crippen LogP contribution in [0.5, 0.6) is 0 Å². The van der Waals surface area contributed by atoms with E-state index in [0.717, 1.165) is 37.6 Å². The summed E-state index contributed by atoms with van der Waals surface area (Å²) in [6.07, 6.45) is 3.41. The molecule has 0 aliphatic heterocycles. The van der Waals surface area contributed by atoms with Gasteiger partial charge in [0.2, 0.25) is 0 Å². The minimum atomic E-state index is 0.517. The molecule has 1 aromatic heterocycles. The summed E-state index contributed by atoms with van der Waals surface area (Å²) in [5.41, 5.74) is 1.28. The molecule has 0 unspecified atom stereocenters. The van der Waals surface area contributed by atoms with E-state index in [0.29, 0.717) is 6.04 Å². The molecule has 21 heavy (non-hydrogen) atoms. The monoisotopic (exact) mass is 312 g/mol. The van der Waals surface area contributed by atoms with E-state index in [-0.39, 0.29) is 0 Å². The van der Waals surface area contributed by atoms with Crippen molar-refractivity contribution in [1.82, 2.24) is 15.2 Å². The Morgan fingerprint density at radius 3 is 2.48 bits per heavy atom. The van der Waals surface area contributed by atoms with Crippen molar-refractivity contribution in [3.63, 3.8) is 0 Å². The van der Waals surface area contributed by atoms with Gasteiger partial charge in [-0.3, -0.25) is 0 Å². The Morgan fingerprint density at radius 2 is 1.90 bits per heavy atom. The first-order chi connectivity index (χ1) is 9.93. The van der Waals surface area contributed by atoms with Gasteiger partial charge in [0.1, 0.15) is 0 Å². The van der Waals surface area contributed by atoms with Crippen LogP contribution in [0.25, 0.3) is 0 Å². The zero-order valence-electron chi connectivity index (χ0n) is 14.6. The highest BCUT2D eigenvalue weighted by Crippen LogP contribution is 2.27. The van der Waals surface area contributed by atoms with E-state index < -0.39 is 0 Å². The van der Waals surface area contributed by atoms with Crippen molar-refractivity contribution in [3.05, 3.63) is 10.6 Å². The van der Waals surface area contributed by atoms with Crippen LogP contribution in [0.3, 0.4) is 0 Å². The third-order valence-corrected chi connectivity index (χ3v) is 4.56. The fraction of sp³-hybridized carbons (Fsp3) is 0.812. The number of rotatable bonds is 10. The number of aromatic nitrogens is 1. The maximum Gasteiger partial charge on any atom is 0.185 e. The quantitative estimate of drug-likeness (QED) is 0.720. The van der Waals surface area contributed by atoms with Crippen LogP contribution in [0, 0.1) is 0 Å². The first-order valence-electron chi connectivity index (χ1n) is 8.01. The van der Waals surface area contributed by atoms with Crippen molar-refractivity contribution in [1.29, 1.82) is 0 Å². The summed E-state index contributed by atoms with van der Waals surface area (Å²) in [6.45, 7) is 9.73. The molecule has 0 bridgehead atoms. The SMILES string of the molecule is CCCc1nc(N(C)CCCN(C)C)sc1CNC(C)C. The van der Waals surface area contributed by atoms with Gasteiger partial charge < -0.3 is 15.1 Å². The lowest BCUT2D eigenvalue weighted by Gasteiger charge is -2.17. The zero-order chi connectivity index (χ0) is 15.8. The number of hydrogen-bond acceptors (Lipinski definition) is 5. The summed E-state index contributed by atoms with van der Waals surface area (Å²) in [5.74, 6) is 0. The number of nitrogens with one attached hydrogen (secondary N) is 1. The van der Waals surface area contributed by atoms with E-state index in [9.17, 15) is 0 Å². The molecule has 0 saturated carbocycles. The van der Waals surface area contributed by atoms with Crippen molar-refractivity contribution in [2.24, 2.45) is 0 Å². The van der Waals surface area contributed by atoms with Crippen LogP contribution in [0.2, 0.25) is 0 Å². The maximum absolute atomic E-state index is 4.87. The fourth-order valence-electron chi connectivity index (χ4n) is 2.12. The molecule has 0 aromatic carbocycles. The lowest BCUT2D eigenvalue weighted by molar-refractivity contribution is 0.401. The molecule has 0 fully saturated rings. The first kappa shape index (κ1) is 18.4. The Bertz CT molecular complexity index is 401. The molecule has 0 aliphatic rings. The van der Waals surface area contributed by atoms with Gasteiger partial charge in [0.25, 0.3) is 0 Å². The van der Waals surface area contributed by atoms with E-state index >= 15 is 0 Å². The molecule has 1 rings (SSSR count). The highest BCUT2D eigenvalue weighted by atomic mass is 32.1. The van der Waals surface area contributed by atoms with Gasteiger partial charge in [-0.15, -0.1) is 11.3 Å². The second kappa shape index (κ2) is 9.38. The Balaban J connectivity index is 2.66. The number of anilines is 1. The first-order valence-corrected chi connectivity index (χ1v) is 8.83. The molecular weight excluding hydrogens is 280 g/mol. The van der Waals surface area contributed by atoms with Crippen LogP contribution < -0.4 is 10.2 Å². The van der Waals surface area contributed by atoms with Crippen LogP contribution >= 0.6 is 11.3 Å². The molecule has 0 saturated heterocycles. The number of nitrogens with zero attached hydrogens (tertiary/aromatic N) is 3. The Morgan fingerprint density at radius 1 is 1.19 bits per heavy atom. The van der Waals surface area contributed by atoms with E-state index in [4.69, 9.17) is 4.98 Å². The Hall–Kier alpha value is -0.650. The largest absolute Gasteiger partial charge is 0.351 e. The van der Waals surface area contributed by atoms with Crippen molar-refractivity contribution in [3.8, 4) is 0 Å². The van der Waals surface area contributed by atoms with Crippen LogP contribution in [-0.4, -0.2) is 50.2 Å². The Labute approximate surface area is 134 Å². The molecule has 0 aliphatic carbocycles. The highest BCUT2D eigenvalue weighted by molar-refractivity contribution is 7.15. The van der Waals surface area contributed by atoms with Gasteiger partial charge >= 0.3 is 0 Å². The van der Waals surface area contributed by atoms with Crippen LogP contribution in [0.1, 0.15) is 44.2 Å². The molecule has 0 radical (unpaired) electrons. The van der Waals surface area contributed by atoms with Gasteiger partial charge in [-0.1, -0.05) is 27.2 Å². The van der Waals surface area contributed by atoms with Gasteiger partial charge in [0.15, 0.2) is 5.13 Å². The van der Waals surface area contributed by atoms with E-state index in [1.54, 1.807) is 0 Å². The molecule has 122 valence electrons.